The van der Waals surface area contributed by atoms with Crippen LogP contribution in [0.15, 0.2) is 42.7 Å². The lowest BCUT2D eigenvalue weighted by molar-refractivity contribution is -0.132. The number of pyridine rings is 1. The van der Waals surface area contributed by atoms with Gasteiger partial charge in [-0.25, -0.2) is 4.39 Å². The van der Waals surface area contributed by atoms with Gasteiger partial charge in [-0.15, -0.1) is 0 Å². The molecule has 2 aromatic rings. The van der Waals surface area contributed by atoms with Gasteiger partial charge >= 0.3 is 0 Å². The molecular formula is C25H34FN5O2. The van der Waals surface area contributed by atoms with Crippen LogP contribution in [0.1, 0.15) is 36.2 Å². The Morgan fingerprint density at radius 1 is 1.06 bits per heavy atom. The van der Waals surface area contributed by atoms with Crippen molar-refractivity contribution >= 4 is 17.5 Å². The van der Waals surface area contributed by atoms with Gasteiger partial charge in [0.25, 0.3) is 5.91 Å². The number of hydrogen-bond donors (Lipinski definition) is 0. The Labute approximate surface area is 195 Å². The Balaban J connectivity index is 2.03. The number of aromatic nitrogens is 1. The molecule has 0 bridgehead atoms. The van der Waals surface area contributed by atoms with E-state index in [1.807, 2.05) is 19.0 Å². The number of anilines is 1. The summed E-state index contributed by atoms with van der Waals surface area (Å²) in [6, 6.07) is 8.14. The van der Waals surface area contributed by atoms with E-state index in [0.29, 0.717) is 35.9 Å². The molecule has 2 amide bonds. The second-order valence-electron chi connectivity index (χ2n) is 9.00. The van der Waals surface area contributed by atoms with Crippen molar-refractivity contribution in [1.82, 2.24) is 19.7 Å². The number of hydrogen-bond acceptors (Lipinski definition) is 5. The summed E-state index contributed by atoms with van der Waals surface area (Å²) >= 11 is 0. The zero-order valence-electron chi connectivity index (χ0n) is 20.0. The van der Waals surface area contributed by atoms with E-state index in [4.69, 9.17) is 0 Å². The van der Waals surface area contributed by atoms with Crippen LogP contribution in [0.5, 0.6) is 0 Å². The summed E-state index contributed by atoms with van der Waals surface area (Å²) in [6.07, 6.45) is 3.94. The van der Waals surface area contributed by atoms with Gasteiger partial charge in [-0.2, -0.15) is 0 Å². The molecule has 8 heteroatoms. The van der Waals surface area contributed by atoms with Gasteiger partial charge in [-0.05, 0) is 70.3 Å². The summed E-state index contributed by atoms with van der Waals surface area (Å²) in [5.74, 6) is -0.569. The molecule has 1 aromatic carbocycles. The second-order valence-corrected chi connectivity index (χ2v) is 9.00. The second kappa shape index (κ2) is 11.3. The first-order chi connectivity index (χ1) is 15.8. The molecule has 0 fully saturated rings. The topological polar surface area (TPSA) is 60.0 Å². The fraction of sp³-hybridized carbons (Fsp3) is 0.480. The van der Waals surface area contributed by atoms with Crippen molar-refractivity contribution in [2.45, 2.75) is 32.9 Å². The van der Waals surface area contributed by atoms with Crippen LogP contribution >= 0.6 is 0 Å². The van der Waals surface area contributed by atoms with Gasteiger partial charge in [0.05, 0.1) is 6.54 Å². The summed E-state index contributed by atoms with van der Waals surface area (Å²) in [5, 5.41) is 0. The molecular weight excluding hydrogens is 421 g/mol. The molecule has 1 aromatic heterocycles. The number of halogens is 1. The fourth-order valence-electron chi connectivity index (χ4n) is 4.10. The molecule has 33 heavy (non-hydrogen) atoms. The average molecular weight is 456 g/mol. The minimum atomic E-state index is -0.385. The predicted molar refractivity (Wildman–Crippen MR) is 128 cm³/mol. The van der Waals surface area contributed by atoms with Crippen LogP contribution in [0.25, 0.3) is 0 Å². The quantitative estimate of drug-likeness (QED) is 0.710. The zero-order chi connectivity index (χ0) is 24.0. The van der Waals surface area contributed by atoms with Gasteiger partial charge in [-0.1, -0.05) is 0 Å². The van der Waals surface area contributed by atoms with Crippen molar-refractivity contribution in [3.63, 3.8) is 0 Å². The number of carbonyl (C=O) groups excluding carboxylic acids is 2. The molecule has 1 aliphatic rings. The smallest absolute Gasteiger partial charge is 0.258 e. The molecule has 2 heterocycles. The van der Waals surface area contributed by atoms with Crippen molar-refractivity contribution < 1.29 is 14.0 Å². The van der Waals surface area contributed by atoms with Crippen LogP contribution in [-0.2, 0) is 11.3 Å². The summed E-state index contributed by atoms with van der Waals surface area (Å²) in [5.41, 5.74) is 1.79. The van der Waals surface area contributed by atoms with Crippen LogP contribution in [-0.4, -0.2) is 84.4 Å². The fourth-order valence-corrected chi connectivity index (χ4v) is 4.10. The van der Waals surface area contributed by atoms with Crippen molar-refractivity contribution in [1.29, 1.82) is 0 Å². The maximum atomic E-state index is 14.3. The van der Waals surface area contributed by atoms with Gasteiger partial charge in [-0.3, -0.25) is 19.5 Å². The molecule has 0 aliphatic carbocycles. The highest BCUT2D eigenvalue weighted by atomic mass is 19.1. The minimum Gasteiger partial charge on any atom is -0.336 e. The number of carbonyl (C=O) groups is 2. The first-order valence-corrected chi connectivity index (χ1v) is 11.4. The number of amides is 2. The van der Waals surface area contributed by atoms with Crippen LogP contribution in [0, 0.1) is 5.82 Å². The first-order valence-electron chi connectivity index (χ1n) is 11.4. The summed E-state index contributed by atoms with van der Waals surface area (Å²) < 4.78 is 14.3. The van der Waals surface area contributed by atoms with E-state index in [2.05, 4.69) is 23.7 Å². The summed E-state index contributed by atoms with van der Waals surface area (Å²) in [4.78, 5) is 38.2. The predicted octanol–water partition coefficient (Wildman–Crippen LogP) is 2.87. The molecule has 0 unspecified atom stereocenters. The monoisotopic (exact) mass is 455 g/mol. The van der Waals surface area contributed by atoms with Crippen LogP contribution in [0.3, 0.4) is 0 Å². The van der Waals surface area contributed by atoms with Gasteiger partial charge in [0.2, 0.25) is 5.91 Å². The number of benzene rings is 1. The molecule has 0 saturated carbocycles. The van der Waals surface area contributed by atoms with Gasteiger partial charge < -0.3 is 14.7 Å². The Kier molecular flexibility index (Phi) is 8.52. The number of fused-ring (bicyclic) bond motifs is 1. The largest absolute Gasteiger partial charge is 0.336 e. The highest BCUT2D eigenvalue weighted by Gasteiger charge is 2.25. The molecule has 0 radical (unpaired) electrons. The molecule has 0 spiro atoms. The third-order valence-electron chi connectivity index (χ3n) is 5.88. The zero-order valence-corrected chi connectivity index (χ0v) is 20.0. The van der Waals surface area contributed by atoms with Crippen molar-refractivity contribution in [2.75, 3.05) is 51.7 Å². The van der Waals surface area contributed by atoms with E-state index >= 15 is 0 Å². The van der Waals surface area contributed by atoms with Crippen LogP contribution in [0.2, 0.25) is 0 Å². The minimum absolute atomic E-state index is 0.0230. The van der Waals surface area contributed by atoms with E-state index in [-0.39, 0.29) is 30.7 Å². The molecule has 3 rings (SSSR count). The molecule has 1 aliphatic heterocycles. The SMILES string of the molecule is CC(C)N1CCCN(C(=O)c2ccncc2)c2ccc(F)cc2CN(C(=O)CN(C)C)CC1. The number of rotatable bonds is 4. The molecule has 0 saturated heterocycles. The van der Waals surface area contributed by atoms with E-state index in [9.17, 15) is 14.0 Å². The molecule has 7 nitrogen and oxygen atoms in total. The van der Waals surface area contributed by atoms with E-state index in [0.717, 1.165) is 19.5 Å². The highest BCUT2D eigenvalue weighted by molar-refractivity contribution is 6.06. The van der Waals surface area contributed by atoms with E-state index < -0.39 is 0 Å². The molecule has 0 N–H and O–H groups in total. The van der Waals surface area contributed by atoms with Crippen molar-refractivity contribution in [3.8, 4) is 0 Å². The Morgan fingerprint density at radius 2 is 1.79 bits per heavy atom. The van der Waals surface area contributed by atoms with E-state index in [1.165, 1.54) is 12.1 Å². The number of likely N-dealkylation sites (N-methyl/N-ethyl adjacent to an activating group) is 1. The van der Waals surface area contributed by atoms with Crippen LogP contribution < -0.4 is 4.90 Å². The maximum Gasteiger partial charge on any atom is 0.258 e. The summed E-state index contributed by atoms with van der Waals surface area (Å²) in [6.45, 7) is 7.33. The highest BCUT2D eigenvalue weighted by Crippen LogP contribution is 2.26. The van der Waals surface area contributed by atoms with Gasteiger partial charge in [0, 0.05) is 62.4 Å². The summed E-state index contributed by atoms with van der Waals surface area (Å²) in [7, 11) is 3.71. The lowest BCUT2D eigenvalue weighted by Crippen LogP contribution is -2.43. The third kappa shape index (κ3) is 6.58. The number of nitrogens with zero attached hydrogens (tertiary/aromatic N) is 5. The maximum absolute atomic E-state index is 14.3. The van der Waals surface area contributed by atoms with Crippen molar-refractivity contribution in [3.05, 3.63) is 59.7 Å². The Bertz CT molecular complexity index is 951. The Morgan fingerprint density at radius 3 is 2.45 bits per heavy atom. The van der Waals surface area contributed by atoms with E-state index in [1.54, 1.807) is 40.4 Å². The average Bonchev–Trinajstić information content (AvgIpc) is 2.81. The first kappa shape index (κ1) is 24.8. The lowest BCUT2D eigenvalue weighted by Gasteiger charge is -2.30. The van der Waals surface area contributed by atoms with Crippen molar-refractivity contribution in [2.24, 2.45) is 0 Å². The standard InChI is InChI=1S/C25H34FN5O2/c1-19(2)29-12-5-13-31(25(33)20-8-10-27-11-9-20)23-7-6-22(26)16-21(23)17-30(15-14-29)24(32)18-28(3)4/h6-11,16,19H,5,12-15,17-18H2,1-4H3. The molecule has 0 atom stereocenters. The third-order valence-corrected chi connectivity index (χ3v) is 5.88. The Hall–Kier alpha value is -2.84. The van der Waals surface area contributed by atoms with Gasteiger partial charge in [0.1, 0.15) is 5.82 Å². The van der Waals surface area contributed by atoms with Crippen LogP contribution in [0.4, 0.5) is 10.1 Å². The molecule has 178 valence electrons. The lowest BCUT2D eigenvalue weighted by atomic mass is 10.1. The van der Waals surface area contributed by atoms with Gasteiger partial charge in [0.15, 0.2) is 0 Å². The normalized spacial score (nSPS) is 16.0.